The molecule has 1 saturated carbocycles. The minimum atomic E-state index is -0.558. The number of hydrogen-bond acceptors (Lipinski definition) is 4. The Morgan fingerprint density at radius 3 is 2.41 bits per heavy atom. The van der Waals surface area contributed by atoms with Crippen LogP contribution in [0.15, 0.2) is 0 Å². The number of aliphatic hydroxyl groups excluding tert-OH is 1. The molecule has 1 fully saturated rings. The van der Waals surface area contributed by atoms with Gasteiger partial charge in [-0.05, 0) is 19.3 Å². The van der Waals surface area contributed by atoms with Gasteiger partial charge in [0.1, 0.15) is 0 Å². The number of hydrogen-bond donors (Lipinski definition) is 3. The molecule has 0 saturated heterocycles. The van der Waals surface area contributed by atoms with Gasteiger partial charge in [0.2, 0.25) is 0 Å². The van der Waals surface area contributed by atoms with E-state index in [0.29, 0.717) is 19.6 Å². The standard InChI is InChI=1S/C13H27NO3/c1-17-10-12(6-9-15)14-11-13(16)7-4-2-3-5-8-13/h12,14-16H,2-11H2,1H3. The number of methoxy groups -OCH3 is 1. The molecule has 1 aliphatic carbocycles. The van der Waals surface area contributed by atoms with Crippen LogP contribution in [-0.2, 0) is 4.74 Å². The fraction of sp³-hybridized carbons (Fsp3) is 1.00. The Balaban J connectivity index is 2.34. The van der Waals surface area contributed by atoms with Crippen molar-refractivity contribution in [1.29, 1.82) is 0 Å². The second kappa shape index (κ2) is 8.03. The van der Waals surface area contributed by atoms with Crippen LogP contribution >= 0.6 is 0 Å². The van der Waals surface area contributed by atoms with Crippen LogP contribution in [0.4, 0.5) is 0 Å². The summed E-state index contributed by atoms with van der Waals surface area (Å²) in [5, 5.41) is 22.7. The van der Waals surface area contributed by atoms with Gasteiger partial charge < -0.3 is 20.3 Å². The molecule has 0 bridgehead atoms. The Kier molecular flexibility index (Phi) is 7.04. The molecule has 1 aliphatic rings. The van der Waals surface area contributed by atoms with Gasteiger partial charge in [0.05, 0.1) is 12.2 Å². The summed E-state index contributed by atoms with van der Waals surface area (Å²) in [6, 6.07) is 0.136. The molecule has 1 rings (SSSR count). The Morgan fingerprint density at radius 1 is 1.24 bits per heavy atom. The van der Waals surface area contributed by atoms with Crippen molar-refractivity contribution in [2.75, 3.05) is 26.9 Å². The largest absolute Gasteiger partial charge is 0.396 e. The van der Waals surface area contributed by atoms with Gasteiger partial charge in [-0.15, -0.1) is 0 Å². The fourth-order valence-electron chi connectivity index (χ4n) is 2.50. The summed E-state index contributed by atoms with van der Waals surface area (Å²) in [7, 11) is 1.66. The molecule has 0 heterocycles. The summed E-state index contributed by atoms with van der Waals surface area (Å²) in [5.74, 6) is 0. The minimum absolute atomic E-state index is 0.136. The normalized spacial score (nSPS) is 22.1. The number of nitrogens with one attached hydrogen (secondary N) is 1. The molecule has 0 aromatic rings. The Bertz CT molecular complexity index is 185. The van der Waals surface area contributed by atoms with Crippen LogP contribution < -0.4 is 5.32 Å². The first kappa shape index (κ1) is 14.9. The van der Waals surface area contributed by atoms with Crippen molar-refractivity contribution >= 4 is 0 Å². The first-order chi connectivity index (χ1) is 8.20. The van der Waals surface area contributed by atoms with E-state index >= 15 is 0 Å². The predicted molar refractivity (Wildman–Crippen MR) is 68.0 cm³/mol. The number of ether oxygens (including phenoxy) is 1. The van der Waals surface area contributed by atoms with Crippen molar-refractivity contribution in [2.24, 2.45) is 0 Å². The smallest absolute Gasteiger partial charge is 0.0771 e. The van der Waals surface area contributed by atoms with E-state index in [1.54, 1.807) is 7.11 Å². The van der Waals surface area contributed by atoms with Crippen molar-refractivity contribution in [3.05, 3.63) is 0 Å². The van der Waals surface area contributed by atoms with Crippen LogP contribution in [0.5, 0.6) is 0 Å². The Labute approximate surface area is 104 Å². The lowest BCUT2D eigenvalue weighted by atomic mass is 9.94. The van der Waals surface area contributed by atoms with Crippen molar-refractivity contribution < 1.29 is 14.9 Å². The molecular weight excluding hydrogens is 218 g/mol. The molecule has 102 valence electrons. The maximum Gasteiger partial charge on any atom is 0.0771 e. The average Bonchev–Trinajstić information content (AvgIpc) is 2.52. The molecule has 1 atom stereocenters. The van der Waals surface area contributed by atoms with Gasteiger partial charge in [0.25, 0.3) is 0 Å². The van der Waals surface area contributed by atoms with Gasteiger partial charge in [-0.25, -0.2) is 0 Å². The lowest BCUT2D eigenvalue weighted by Crippen LogP contribution is -2.46. The zero-order valence-electron chi connectivity index (χ0n) is 11.0. The molecule has 0 aromatic heterocycles. The van der Waals surface area contributed by atoms with E-state index in [1.807, 2.05) is 0 Å². The molecule has 17 heavy (non-hydrogen) atoms. The Hall–Kier alpha value is -0.160. The van der Waals surface area contributed by atoms with Gasteiger partial charge in [-0.2, -0.15) is 0 Å². The molecule has 1 unspecified atom stereocenters. The molecule has 0 spiro atoms. The van der Waals surface area contributed by atoms with Gasteiger partial charge in [-0.3, -0.25) is 0 Å². The van der Waals surface area contributed by atoms with Crippen LogP contribution in [0.2, 0.25) is 0 Å². The second-order valence-corrected chi connectivity index (χ2v) is 5.18. The van der Waals surface area contributed by atoms with Crippen molar-refractivity contribution in [1.82, 2.24) is 5.32 Å². The molecule has 0 aromatic carbocycles. The summed E-state index contributed by atoms with van der Waals surface area (Å²) in [6.07, 6.45) is 7.16. The maximum absolute atomic E-state index is 10.5. The van der Waals surface area contributed by atoms with Crippen LogP contribution in [0.1, 0.15) is 44.9 Å². The van der Waals surface area contributed by atoms with Crippen LogP contribution in [0, 0.1) is 0 Å². The third kappa shape index (κ3) is 5.82. The van der Waals surface area contributed by atoms with E-state index < -0.39 is 5.60 Å². The summed E-state index contributed by atoms with van der Waals surface area (Å²) in [6.45, 7) is 1.34. The highest BCUT2D eigenvalue weighted by Gasteiger charge is 2.28. The minimum Gasteiger partial charge on any atom is -0.396 e. The highest BCUT2D eigenvalue weighted by molar-refractivity contribution is 4.84. The van der Waals surface area contributed by atoms with E-state index in [1.165, 1.54) is 12.8 Å². The SMILES string of the molecule is COCC(CCO)NCC1(O)CCCCCC1. The first-order valence-corrected chi connectivity index (χ1v) is 6.76. The third-order valence-corrected chi connectivity index (χ3v) is 3.60. The van der Waals surface area contributed by atoms with E-state index in [0.717, 1.165) is 25.7 Å². The zero-order valence-corrected chi connectivity index (χ0v) is 11.0. The topological polar surface area (TPSA) is 61.7 Å². The monoisotopic (exact) mass is 245 g/mol. The lowest BCUT2D eigenvalue weighted by molar-refractivity contribution is 0.0183. The summed E-state index contributed by atoms with van der Waals surface area (Å²) >= 11 is 0. The number of rotatable bonds is 7. The molecule has 0 aliphatic heterocycles. The van der Waals surface area contributed by atoms with Crippen molar-refractivity contribution in [3.8, 4) is 0 Å². The molecule has 4 nitrogen and oxygen atoms in total. The zero-order chi connectivity index (χ0) is 12.6. The molecule has 3 N–H and O–H groups in total. The van der Waals surface area contributed by atoms with Crippen LogP contribution in [-0.4, -0.2) is 48.7 Å². The second-order valence-electron chi connectivity index (χ2n) is 5.18. The molecular formula is C13H27NO3. The highest BCUT2D eigenvalue weighted by Crippen LogP contribution is 2.26. The Morgan fingerprint density at radius 2 is 1.88 bits per heavy atom. The van der Waals surface area contributed by atoms with Gasteiger partial charge in [0, 0.05) is 26.3 Å². The average molecular weight is 245 g/mol. The maximum atomic E-state index is 10.5. The van der Waals surface area contributed by atoms with Crippen molar-refractivity contribution in [2.45, 2.75) is 56.6 Å². The predicted octanol–water partition coefficient (Wildman–Crippen LogP) is 1.06. The molecule has 0 radical (unpaired) electrons. The van der Waals surface area contributed by atoms with E-state index in [-0.39, 0.29) is 12.6 Å². The number of aliphatic hydroxyl groups is 2. The fourth-order valence-corrected chi connectivity index (χ4v) is 2.50. The van der Waals surface area contributed by atoms with E-state index in [4.69, 9.17) is 9.84 Å². The summed E-state index contributed by atoms with van der Waals surface area (Å²) in [5.41, 5.74) is -0.558. The lowest BCUT2D eigenvalue weighted by Gasteiger charge is -2.29. The van der Waals surface area contributed by atoms with E-state index in [9.17, 15) is 5.11 Å². The van der Waals surface area contributed by atoms with E-state index in [2.05, 4.69) is 5.32 Å². The summed E-state index contributed by atoms with van der Waals surface area (Å²) in [4.78, 5) is 0. The van der Waals surface area contributed by atoms with Gasteiger partial charge in [0.15, 0.2) is 0 Å². The van der Waals surface area contributed by atoms with Crippen LogP contribution in [0.25, 0.3) is 0 Å². The highest BCUT2D eigenvalue weighted by atomic mass is 16.5. The van der Waals surface area contributed by atoms with Gasteiger partial charge in [-0.1, -0.05) is 25.7 Å². The molecule has 0 amide bonds. The quantitative estimate of drug-likeness (QED) is 0.587. The third-order valence-electron chi connectivity index (χ3n) is 3.60. The first-order valence-electron chi connectivity index (χ1n) is 6.76. The van der Waals surface area contributed by atoms with Crippen LogP contribution in [0.3, 0.4) is 0 Å². The molecule has 4 heteroatoms. The van der Waals surface area contributed by atoms with Crippen molar-refractivity contribution in [3.63, 3.8) is 0 Å². The summed E-state index contributed by atoms with van der Waals surface area (Å²) < 4.78 is 5.10. The van der Waals surface area contributed by atoms with Gasteiger partial charge >= 0.3 is 0 Å².